The van der Waals surface area contributed by atoms with Crippen LogP contribution in [0.4, 0.5) is 0 Å². The fraction of sp³-hybridized carbons (Fsp3) is 0. The van der Waals surface area contributed by atoms with Crippen LogP contribution in [0.1, 0.15) is 0 Å². The van der Waals surface area contributed by atoms with Crippen molar-refractivity contribution in [2.24, 2.45) is 0 Å². The van der Waals surface area contributed by atoms with Gasteiger partial charge in [-0.2, -0.15) is 0 Å². The Hall–Kier alpha value is 1.80. The van der Waals surface area contributed by atoms with Gasteiger partial charge in [0.1, 0.15) is 0 Å². The molecule has 6 heteroatoms. The molecule has 0 nitrogen and oxygen atoms in total. The van der Waals surface area contributed by atoms with Gasteiger partial charge < -0.3 is 37.0 Å². The van der Waals surface area contributed by atoms with E-state index in [1.165, 1.54) is 0 Å². The standard InChI is InChI=1S/2C6H6P2.2Sb/c2*7-5-3-1-2-4-6(5)8;;/h2*1-4,7-8H;;/q2*-2;;. The minimum Gasteiger partial charge on any atom is -0.527 e. The van der Waals surface area contributed by atoms with E-state index in [0.29, 0.717) is 0 Å². The summed E-state index contributed by atoms with van der Waals surface area (Å²) in [5.41, 5.74) is 0. The van der Waals surface area contributed by atoms with E-state index in [1.54, 1.807) is 0 Å². The first-order valence-electron chi connectivity index (χ1n) is 4.65. The Kier molecular flexibility index (Phi) is 15.4. The minimum absolute atomic E-state index is 0. The van der Waals surface area contributed by atoms with Crippen LogP contribution < -0.4 is 21.2 Å². The maximum absolute atomic E-state index is 3.39. The van der Waals surface area contributed by atoms with Crippen LogP contribution in [0.2, 0.25) is 0 Å². The van der Waals surface area contributed by atoms with E-state index in [-0.39, 0.29) is 48.9 Å². The van der Waals surface area contributed by atoms with Gasteiger partial charge in [0.05, 0.1) is 0 Å². The number of rotatable bonds is 0. The molecule has 0 aliphatic heterocycles. The third-order valence-electron chi connectivity index (χ3n) is 1.85. The van der Waals surface area contributed by atoms with Gasteiger partial charge in [-0.3, -0.25) is 0 Å². The smallest absolute Gasteiger partial charge is 0 e. The van der Waals surface area contributed by atoms with Crippen molar-refractivity contribution in [1.82, 2.24) is 0 Å². The molecule has 2 aromatic carbocycles. The van der Waals surface area contributed by atoms with Crippen molar-refractivity contribution in [1.29, 1.82) is 0 Å². The molecule has 0 amide bonds. The molecule has 0 atom stereocenters. The summed E-state index contributed by atoms with van der Waals surface area (Å²) in [7, 11) is 13.6. The molecule has 0 unspecified atom stereocenters. The van der Waals surface area contributed by atoms with Crippen LogP contribution in [0.25, 0.3) is 0 Å². The first kappa shape index (κ1) is 22.1. The van der Waals surface area contributed by atoms with Crippen LogP contribution in [-0.4, -0.2) is 48.9 Å². The van der Waals surface area contributed by atoms with Gasteiger partial charge in [-0.15, -0.1) is 0 Å². The van der Waals surface area contributed by atoms with Crippen molar-refractivity contribution in [2.75, 3.05) is 0 Å². The Morgan fingerprint density at radius 2 is 0.611 bits per heavy atom. The molecule has 6 radical (unpaired) electrons. The van der Waals surface area contributed by atoms with E-state index < -0.39 is 0 Å². The van der Waals surface area contributed by atoms with Crippen molar-refractivity contribution in [3.63, 3.8) is 0 Å². The van der Waals surface area contributed by atoms with Gasteiger partial charge in [0.2, 0.25) is 0 Å². The van der Waals surface area contributed by atoms with Crippen LogP contribution in [0.3, 0.4) is 0 Å². The van der Waals surface area contributed by atoms with Crippen molar-refractivity contribution in [3.8, 4) is 0 Å². The predicted octanol–water partition coefficient (Wildman–Crippen LogP) is 1.68. The number of hydrogen-bond donors (Lipinski definition) is 0. The van der Waals surface area contributed by atoms with Crippen molar-refractivity contribution in [3.05, 3.63) is 48.5 Å². The minimum atomic E-state index is 0. The summed E-state index contributed by atoms with van der Waals surface area (Å²) >= 11 is 0. The molecule has 2 rings (SSSR count). The zero-order valence-electron chi connectivity index (χ0n) is 9.51. The van der Waals surface area contributed by atoms with Crippen molar-refractivity contribution >= 4 is 107 Å². The second-order valence-electron chi connectivity index (χ2n) is 3.09. The normalized spacial score (nSPS) is 8.22. The Morgan fingerprint density at radius 1 is 0.444 bits per heavy atom. The Labute approximate surface area is 154 Å². The molecule has 0 N–H and O–H groups in total. The Bertz CT molecular complexity index is 378. The molecule has 0 aliphatic carbocycles. The predicted molar refractivity (Wildman–Crippen MR) is 96.2 cm³/mol. The third-order valence-corrected chi connectivity index (χ3v) is 4.10. The average Bonchev–Trinajstić information content (AvgIpc) is 2.28. The van der Waals surface area contributed by atoms with E-state index in [4.69, 9.17) is 0 Å². The Balaban J connectivity index is 0. The molecule has 0 saturated carbocycles. The van der Waals surface area contributed by atoms with Crippen LogP contribution in [0.15, 0.2) is 48.5 Å². The summed E-state index contributed by atoms with van der Waals surface area (Å²) in [4.78, 5) is 0. The van der Waals surface area contributed by atoms with Gasteiger partial charge in [-0.05, 0) is 0 Å². The fourth-order valence-corrected chi connectivity index (χ4v) is 1.68. The maximum Gasteiger partial charge on any atom is 0 e. The molecular weight excluding hydrogens is 512 g/mol. The zero-order chi connectivity index (χ0) is 12.0. The molecule has 0 bridgehead atoms. The largest absolute Gasteiger partial charge is 0.527 e. The number of benzene rings is 2. The molecular formula is C12H12P4Sb2-4. The van der Waals surface area contributed by atoms with E-state index in [2.05, 4.69) is 37.0 Å². The zero-order valence-corrected chi connectivity index (χ0v) is 18.6. The van der Waals surface area contributed by atoms with Gasteiger partial charge in [0.25, 0.3) is 0 Å². The number of hydrogen-bond acceptors (Lipinski definition) is 0. The molecule has 0 aromatic heterocycles. The van der Waals surface area contributed by atoms with Gasteiger partial charge in [-0.1, -0.05) is 48.5 Å². The third kappa shape index (κ3) is 8.87. The molecule has 0 saturated heterocycles. The van der Waals surface area contributed by atoms with Crippen molar-refractivity contribution in [2.45, 2.75) is 0 Å². The Morgan fingerprint density at radius 3 is 0.722 bits per heavy atom. The molecule has 2 aromatic rings. The summed E-state index contributed by atoms with van der Waals surface area (Å²) in [5.74, 6) is 0. The van der Waals surface area contributed by atoms with Gasteiger partial charge in [0.15, 0.2) is 0 Å². The van der Waals surface area contributed by atoms with E-state index in [1.807, 2.05) is 48.5 Å². The monoisotopic (exact) mass is 522 g/mol. The molecule has 0 spiro atoms. The average molecular weight is 524 g/mol. The van der Waals surface area contributed by atoms with Crippen LogP contribution in [0, 0.1) is 0 Å². The van der Waals surface area contributed by atoms with Gasteiger partial charge >= 0.3 is 0 Å². The molecule has 18 heavy (non-hydrogen) atoms. The van der Waals surface area contributed by atoms with Crippen LogP contribution in [0.5, 0.6) is 0 Å². The van der Waals surface area contributed by atoms with Crippen LogP contribution >= 0.6 is 37.0 Å². The van der Waals surface area contributed by atoms with Gasteiger partial charge in [-0.25, -0.2) is 21.2 Å². The maximum atomic E-state index is 3.39. The molecule has 0 aliphatic rings. The summed E-state index contributed by atoms with van der Waals surface area (Å²) in [5, 5.41) is 4.35. The first-order valence-corrected chi connectivity index (χ1v) is 6.65. The van der Waals surface area contributed by atoms with E-state index >= 15 is 0 Å². The first-order chi connectivity index (χ1) is 7.61. The van der Waals surface area contributed by atoms with Crippen LogP contribution in [-0.2, 0) is 0 Å². The second-order valence-corrected chi connectivity index (χ2v) is 5.25. The van der Waals surface area contributed by atoms with E-state index in [0.717, 1.165) is 21.2 Å². The molecule has 0 heterocycles. The summed E-state index contributed by atoms with van der Waals surface area (Å²) in [6.07, 6.45) is 0. The summed E-state index contributed by atoms with van der Waals surface area (Å²) in [6.45, 7) is 0. The van der Waals surface area contributed by atoms with Crippen molar-refractivity contribution < 1.29 is 0 Å². The summed E-state index contributed by atoms with van der Waals surface area (Å²) < 4.78 is 0. The fourth-order valence-electron chi connectivity index (χ4n) is 0.966. The van der Waals surface area contributed by atoms with E-state index in [9.17, 15) is 0 Å². The molecule has 94 valence electrons. The second kappa shape index (κ2) is 12.5. The molecule has 0 fully saturated rings. The topological polar surface area (TPSA) is 0 Å². The SMILES string of the molecule is [PH-]c1ccccc1[PH-].[PH-]c1ccccc1[PH-].[Sb].[Sb]. The quantitative estimate of drug-likeness (QED) is 0.364. The van der Waals surface area contributed by atoms with Gasteiger partial charge in [0, 0.05) is 48.9 Å². The summed E-state index contributed by atoms with van der Waals surface area (Å²) in [6, 6.07) is 15.9.